The predicted molar refractivity (Wildman–Crippen MR) is 61.2 cm³/mol. The van der Waals surface area contributed by atoms with E-state index in [1.807, 2.05) is 0 Å². The zero-order valence-electron chi connectivity index (χ0n) is 10.4. The first-order valence-corrected chi connectivity index (χ1v) is 5.99. The lowest BCUT2D eigenvalue weighted by Crippen LogP contribution is -2.52. The molecule has 1 aliphatic heterocycles. The van der Waals surface area contributed by atoms with Crippen molar-refractivity contribution >= 4 is 5.91 Å². The minimum absolute atomic E-state index is 0.183. The monoisotopic (exact) mass is 276 g/mol. The number of furan rings is 1. The van der Waals surface area contributed by atoms with Gasteiger partial charge < -0.3 is 15.1 Å². The lowest BCUT2D eigenvalue weighted by atomic mass is 9.85. The van der Waals surface area contributed by atoms with E-state index in [4.69, 9.17) is 4.42 Å². The van der Waals surface area contributed by atoms with Crippen molar-refractivity contribution in [2.24, 2.45) is 5.41 Å². The maximum Gasteiger partial charge on any atom is 0.404 e. The smallest absolute Gasteiger partial charge is 0.404 e. The highest BCUT2D eigenvalue weighted by atomic mass is 19.4. The molecule has 0 spiro atoms. The first-order chi connectivity index (χ1) is 8.87. The molecule has 7 heteroatoms. The quantitative estimate of drug-likeness (QED) is 0.887. The molecule has 1 saturated heterocycles. The van der Waals surface area contributed by atoms with Gasteiger partial charge in [-0.3, -0.25) is 4.79 Å². The van der Waals surface area contributed by atoms with Crippen LogP contribution in [0.4, 0.5) is 13.2 Å². The van der Waals surface area contributed by atoms with Gasteiger partial charge in [-0.1, -0.05) is 0 Å². The molecule has 0 aromatic carbocycles. The number of alkyl halides is 3. The molecule has 1 aromatic heterocycles. The second kappa shape index (κ2) is 4.88. The van der Waals surface area contributed by atoms with E-state index in [9.17, 15) is 18.0 Å². The van der Waals surface area contributed by atoms with Crippen LogP contribution in [-0.2, 0) is 4.79 Å². The SMILES string of the molecule is C[C@H](NC(=O)C1(C(F)(F)F)CCNC1)c1ccco1. The minimum atomic E-state index is -4.57. The van der Waals surface area contributed by atoms with Crippen LogP contribution in [0.25, 0.3) is 0 Å². The lowest BCUT2D eigenvalue weighted by Gasteiger charge is -2.30. The van der Waals surface area contributed by atoms with Gasteiger partial charge in [-0.05, 0) is 32.0 Å². The largest absolute Gasteiger partial charge is 0.467 e. The molecule has 19 heavy (non-hydrogen) atoms. The third-order valence-corrected chi connectivity index (χ3v) is 3.45. The molecular formula is C12H15F3N2O2. The van der Waals surface area contributed by atoms with E-state index < -0.39 is 23.5 Å². The number of carbonyl (C=O) groups excluding carboxylic acids is 1. The van der Waals surface area contributed by atoms with E-state index in [1.54, 1.807) is 19.1 Å². The van der Waals surface area contributed by atoms with E-state index in [2.05, 4.69) is 10.6 Å². The van der Waals surface area contributed by atoms with Crippen LogP contribution in [0.2, 0.25) is 0 Å². The van der Waals surface area contributed by atoms with E-state index in [0.29, 0.717) is 5.76 Å². The highest BCUT2D eigenvalue weighted by molar-refractivity contribution is 5.84. The molecule has 0 aliphatic carbocycles. The van der Waals surface area contributed by atoms with Crippen molar-refractivity contribution in [3.8, 4) is 0 Å². The van der Waals surface area contributed by atoms with E-state index in [1.165, 1.54) is 6.26 Å². The van der Waals surface area contributed by atoms with E-state index >= 15 is 0 Å². The Morgan fingerprint density at radius 1 is 1.58 bits per heavy atom. The molecule has 1 aromatic rings. The first-order valence-electron chi connectivity index (χ1n) is 5.99. The van der Waals surface area contributed by atoms with Crippen LogP contribution in [0.15, 0.2) is 22.8 Å². The Morgan fingerprint density at radius 2 is 2.32 bits per heavy atom. The summed E-state index contributed by atoms with van der Waals surface area (Å²) in [6.07, 6.45) is -3.40. The molecule has 2 heterocycles. The summed E-state index contributed by atoms with van der Waals surface area (Å²) in [5.41, 5.74) is -2.34. The van der Waals surface area contributed by atoms with Crippen LogP contribution in [0, 0.1) is 5.41 Å². The third kappa shape index (κ3) is 2.47. The van der Waals surface area contributed by atoms with E-state index in [-0.39, 0.29) is 19.5 Å². The lowest BCUT2D eigenvalue weighted by molar-refractivity contribution is -0.216. The van der Waals surface area contributed by atoms with Crippen molar-refractivity contribution in [3.05, 3.63) is 24.2 Å². The molecule has 2 rings (SSSR count). The Morgan fingerprint density at radius 3 is 2.79 bits per heavy atom. The molecule has 0 radical (unpaired) electrons. The van der Waals surface area contributed by atoms with Crippen molar-refractivity contribution in [3.63, 3.8) is 0 Å². The van der Waals surface area contributed by atoms with Gasteiger partial charge in [-0.2, -0.15) is 13.2 Å². The Bertz CT molecular complexity index is 436. The molecule has 4 nitrogen and oxygen atoms in total. The van der Waals surface area contributed by atoms with Crippen LogP contribution >= 0.6 is 0 Å². The highest BCUT2D eigenvalue weighted by Crippen LogP contribution is 2.43. The van der Waals surface area contributed by atoms with Gasteiger partial charge in [0.25, 0.3) is 0 Å². The molecule has 1 unspecified atom stereocenters. The standard InChI is InChI=1S/C12H15F3N2O2/c1-8(9-3-2-6-19-9)17-10(18)11(12(13,14)15)4-5-16-7-11/h2-3,6,8,16H,4-5,7H2,1H3,(H,17,18)/t8-,11?/m0/s1. The predicted octanol–water partition coefficient (Wildman–Crippen LogP) is 2.00. The molecule has 1 aliphatic rings. The normalized spacial score (nSPS) is 25.3. The van der Waals surface area contributed by atoms with Gasteiger partial charge in [0.2, 0.25) is 5.91 Å². The molecule has 2 N–H and O–H groups in total. The van der Waals surface area contributed by atoms with Gasteiger partial charge in [0.05, 0.1) is 12.3 Å². The minimum Gasteiger partial charge on any atom is -0.467 e. The van der Waals surface area contributed by atoms with Crippen LogP contribution in [-0.4, -0.2) is 25.2 Å². The Labute approximate surface area is 108 Å². The average Bonchev–Trinajstić information content (AvgIpc) is 3.00. The summed E-state index contributed by atoms with van der Waals surface area (Å²) >= 11 is 0. The molecule has 1 amide bonds. The van der Waals surface area contributed by atoms with Crippen molar-refractivity contribution in [2.45, 2.75) is 25.6 Å². The molecule has 0 bridgehead atoms. The number of nitrogens with one attached hydrogen (secondary N) is 2. The Hall–Kier alpha value is -1.50. The van der Waals surface area contributed by atoms with Crippen molar-refractivity contribution in [2.75, 3.05) is 13.1 Å². The molecule has 106 valence electrons. The summed E-state index contributed by atoms with van der Waals surface area (Å²) in [5, 5.41) is 4.98. The van der Waals surface area contributed by atoms with Gasteiger partial charge >= 0.3 is 6.18 Å². The maximum atomic E-state index is 13.1. The number of rotatable bonds is 3. The van der Waals surface area contributed by atoms with Gasteiger partial charge in [-0.15, -0.1) is 0 Å². The third-order valence-electron chi connectivity index (χ3n) is 3.45. The second-order valence-electron chi connectivity index (χ2n) is 4.72. The summed E-state index contributed by atoms with van der Waals surface area (Å²) in [5.74, 6) is -0.578. The summed E-state index contributed by atoms with van der Waals surface area (Å²) in [6.45, 7) is 1.39. The summed E-state index contributed by atoms with van der Waals surface area (Å²) in [4.78, 5) is 12.0. The van der Waals surface area contributed by atoms with Gasteiger partial charge in [0.1, 0.15) is 5.76 Å². The van der Waals surface area contributed by atoms with E-state index in [0.717, 1.165) is 0 Å². The second-order valence-corrected chi connectivity index (χ2v) is 4.72. The van der Waals surface area contributed by atoms with Crippen LogP contribution in [0.3, 0.4) is 0 Å². The maximum absolute atomic E-state index is 13.1. The fourth-order valence-electron chi connectivity index (χ4n) is 2.20. The molecular weight excluding hydrogens is 261 g/mol. The Balaban J connectivity index is 2.13. The first kappa shape index (κ1) is 13.9. The zero-order chi connectivity index (χ0) is 14.1. The van der Waals surface area contributed by atoms with Crippen LogP contribution in [0.1, 0.15) is 25.1 Å². The van der Waals surface area contributed by atoms with Crippen molar-refractivity contribution in [1.82, 2.24) is 10.6 Å². The number of hydrogen-bond acceptors (Lipinski definition) is 3. The Kier molecular flexibility index (Phi) is 3.58. The van der Waals surface area contributed by atoms with Crippen molar-refractivity contribution < 1.29 is 22.4 Å². The number of carbonyl (C=O) groups is 1. The summed E-state index contributed by atoms with van der Waals surface area (Å²) in [7, 11) is 0. The molecule has 2 atom stereocenters. The molecule has 0 saturated carbocycles. The van der Waals surface area contributed by atoms with Crippen LogP contribution in [0.5, 0.6) is 0 Å². The summed E-state index contributed by atoms with van der Waals surface area (Å²) in [6, 6.07) is 2.63. The fraction of sp³-hybridized carbons (Fsp3) is 0.583. The van der Waals surface area contributed by atoms with Crippen LogP contribution < -0.4 is 10.6 Å². The van der Waals surface area contributed by atoms with Gasteiger partial charge in [0, 0.05) is 6.54 Å². The molecule has 1 fully saturated rings. The fourth-order valence-corrected chi connectivity index (χ4v) is 2.20. The number of halogens is 3. The van der Waals surface area contributed by atoms with Gasteiger partial charge in [0.15, 0.2) is 5.41 Å². The number of amides is 1. The number of hydrogen-bond donors (Lipinski definition) is 2. The zero-order valence-corrected chi connectivity index (χ0v) is 10.4. The van der Waals surface area contributed by atoms with Gasteiger partial charge in [-0.25, -0.2) is 0 Å². The summed E-state index contributed by atoms with van der Waals surface area (Å²) < 4.78 is 44.5. The highest BCUT2D eigenvalue weighted by Gasteiger charge is 2.61. The average molecular weight is 276 g/mol. The van der Waals surface area contributed by atoms with Crippen molar-refractivity contribution in [1.29, 1.82) is 0 Å². The topological polar surface area (TPSA) is 54.3 Å².